The molecule has 3 amide bonds. The lowest BCUT2D eigenvalue weighted by Gasteiger charge is -2.44. The number of rotatable bonds is 6. The first-order valence-corrected chi connectivity index (χ1v) is 10.4. The second-order valence-electron chi connectivity index (χ2n) is 7.57. The number of ether oxygens (including phenoxy) is 1. The molecule has 0 aromatic rings. The number of carboxylic acid groups (broad SMARTS) is 1. The number of carbonyl (C=O) groups excluding carboxylic acids is 3. The number of allylic oxidation sites excluding steroid dienone is 3. The van der Waals surface area contributed by atoms with Crippen molar-refractivity contribution in [1.29, 1.82) is 0 Å². The van der Waals surface area contributed by atoms with E-state index in [0.29, 0.717) is 18.4 Å². The fourth-order valence-corrected chi connectivity index (χ4v) is 5.48. The molecular weight excluding hydrogens is 398 g/mol. The molecule has 0 bridgehead atoms. The fraction of sp³-hybridized carbons (Fsp3) is 0.579. The molecule has 2 aliphatic heterocycles. The highest BCUT2D eigenvalue weighted by atomic mass is 32.2. The lowest BCUT2D eigenvalue weighted by molar-refractivity contribution is -0.161. The van der Waals surface area contributed by atoms with E-state index in [4.69, 9.17) is 4.74 Å². The average Bonchev–Trinajstić information content (AvgIpc) is 2.93. The van der Waals surface area contributed by atoms with Crippen LogP contribution in [0.15, 0.2) is 23.8 Å². The summed E-state index contributed by atoms with van der Waals surface area (Å²) < 4.78 is 4.22. The number of hydrogen-bond acceptors (Lipinski definition) is 6. The minimum absolute atomic E-state index is 0.166. The van der Waals surface area contributed by atoms with Crippen molar-refractivity contribution >= 4 is 35.6 Å². The summed E-state index contributed by atoms with van der Waals surface area (Å²) in [5.41, 5.74) is 0.712. The number of carboxylic acids is 1. The van der Waals surface area contributed by atoms with Gasteiger partial charge in [0.2, 0.25) is 11.8 Å². The number of fused-ring (bicyclic) bond motifs is 1. The fourth-order valence-electron chi connectivity index (χ4n) is 3.85. The Hall–Kier alpha value is -2.49. The molecule has 3 rings (SSSR count). The van der Waals surface area contributed by atoms with E-state index in [1.807, 2.05) is 18.2 Å². The minimum Gasteiger partial charge on any atom is -0.480 e. The van der Waals surface area contributed by atoms with E-state index < -0.39 is 52.1 Å². The molecule has 158 valence electrons. The van der Waals surface area contributed by atoms with E-state index in [1.54, 1.807) is 20.8 Å². The number of hydrogen-bond donors (Lipinski definition) is 3. The molecule has 0 saturated carbocycles. The van der Waals surface area contributed by atoms with E-state index in [0.717, 1.165) is 0 Å². The molecule has 0 radical (unpaired) electrons. The maximum Gasteiger partial charge on any atom is 0.408 e. The number of nitrogens with zero attached hydrogens (tertiary/aromatic N) is 1. The van der Waals surface area contributed by atoms with E-state index in [2.05, 4.69) is 10.6 Å². The van der Waals surface area contributed by atoms with Crippen LogP contribution in [-0.4, -0.2) is 68.7 Å². The largest absolute Gasteiger partial charge is 0.480 e. The van der Waals surface area contributed by atoms with Crippen LogP contribution >= 0.6 is 11.8 Å². The van der Waals surface area contributed by atoms with Crippen LogP contribution in [0, 0.1) is 0 Å². The van der Waals surface area contributed by atoms with Crippen LogP contribution in [0.1, 0.15) is 33.6 Å². The van der Waals surface area contributed by atoms with Crippen LogP contribution in [0.4, 0.5) is 4.79 Å². The zero-order valence-corrected chi connectivity index (χ0v) is 17.3. The first-order chi connectivity index (χ1) is 13.7. The number of β-lactam (4-membered cyclic amide) rings is 1. The van der Waals surface area contributed by atoms with Crippen LogP contribution in [0.2, 0.25) is 0 Å². The molecule has 2 fully saturated rings. The second kappa shape index (κ2) is 8.10. The highest BCUT2D eigenvalue weighted by Gasteiger charge is 2.64. The predicted octanol–water partition coefficient (Wildman–Crippen LogP) is 1.01. The Kier molecular flexibility index (Phi) is 5.92. The Bertz CT molecular complexity index is 793. The van der Waals surface area contributed by atoms with E-state index >= 15 is 0 Å². The number of amides is 3. The van der Waals surface area contributed by atoms with Gasteiger partial charge in [-0.2, -0.15) is 0 Å². The van der Waals surface area contributed by atoms with Crippen LogP contribution in [0.3, 0.4) is 0 Å². The standard InChI is InChI=1S/C19H25N3O6S/c1-4-28-18(27)21-11(10-8-6-5-7-9-10)14(23)20-12-15(24)22-13(17(25)26)19(2,3)29-16(12)22/h5-6,9,11-13,16H,4,7-8H2,1-3H3,(H,20,23)(H,21,27)(H,25,26)/t11?,12-,13+,16-/m1/s1. The van der Waals surface area contributed by atoms with Crippen molar-refractivity contribution in [3.63, 3.8) is 0 Å². The normalized spacial score (nSPS) is 28.0. The molecule has 2 heterocycles. The maximum absolute atomic E-state index is 13.0. The van der Waals surface area contributed by atoms with Crippen molar-refractivity contribution in [2.45, 2.75) is 61.9 Å². The topological polar surface area (TPSA) is 125 Å². The number of nitrogens with one attached hydrogen (secondary N) is 2. The van der Waals surface area contributed by atoms with Crippen molar-refractivity contribution in [3.05, 3.63) is 23.8 Å². The smallest absolute Gasteiger partial charge is 0.408 e. The van der Waals surface area contributed by atoms with Crippen molar-refractivity contribution in [3.8, 4) is 0 Å². The summed E-state index contributed by atoms with van der Waals surface area (Å²) in [5, 5.41) is 14.3. The van der Waals surface area contributed by atoms with Crippen molar-refractivity contribution < 1.29 is 29.0 Å². The average molecular weight is 423 g/mol. The zero-order valence-electron chi connectivity index (χ0n) is 16.5. The van der Waals surface area contributed by atoms with Crippen LogP contribution in [-0.2, 0) is 19.1 Å². The molecule has 2 saturated heterocycles. The van der Waals surface area contributed by atoms with Gasteiger partial charge in [0.25, 0.3) is 0 Å². The third-order valence-corrected chi connectivity index (χ3v) is 6.75. The first kappa shape index (κ1) is 21.2. The molecule has 0 aromatic carbocycles. The number of alkyl carbamates (subject to hydrolysis) is 1. The van der Waals surface area contributed by atoms with Crippen LogP contribution in [0.25, 0.3) is 0 Å². The quantitative estimate of drug-likeness (QED) is 0.430. The van der Waals surface area contributed by atoms with E-state index in [9.17, 15) is 24.3 Å². The Balaban J connectivity index is 1.73. The van der Waals surface area contributed by atoms with Crippen molar-refractivity contribution in [1.82, 2.24) is 15.5 Å². The van der Waals surface area contributed by atoms with Gasteiger partial charge in [-0.15, -0.1) is 11.8 Å². The molecule has 0 spiro atoms. The molecule has 1 aliphatic carbocycles. The molecule has 1 unspecified atom stereocenters. The summed E-state index contributed by atoms with van der Waals surface area (Å²) in [5.74, 6) is -2.01. The Morgan fingerprint density at radius 1 is 1.38 bits per heavy atom. The Morgan fingerprint density at radius 2 is 2.10 bits per heavy atom. The van der Waals surface area contributed by atoms with Gasteiger partial charge in [-0.1, -0.05) is 18.2 Å². The summed E-state index contributed by atoms with van der Waals surface area (Å²) in [4.78, 5) is 50.4. The van der Waals surface area contributed by atoms with Gasteiger partial charge in [0.1, 0.15) is 23.5 Å². The van der Waals surface area contributed by atoms with Crippen molar-refractivity contribution in [2.24, 2.45) is 0 Å². The van der Waals surface area contributed by atoms with Gasteiger partial charge in [-0.3, -0.25) is 9.59 Å². The van der Waals surface area contributed by atoms with Gasteiger partial charge in [0, 0.05) is 4.75 Å². The molecule has 3 N–H and O–H groups in total. The molecule has 3 aliphatic rings. The number of carbonyl (C=O) groups is 4. The van der Waals surface area contributed by atoms with Crippen LogP contribution < -0.4 is 10.6 Å². The van der Waals surface area contributed by atoms with E-state index in [-0.39, 0.29) is 6.61 Å². The van der Waals surface area contributed by atoms with Gasteiger partial charge >= 0.3 is 12.1 Å². The molecule has 9 nitrogen and oxygen atoms in total. The Morgan fingerprint density at radius 3 is 2.69 bits per heavy atom. The zero-order chi connectivity index (χ0) is 21.3. The molecular formula is C19H25N3O6S. The lowest BCUT2D eigenvalue weighted by atomic mass is 9.94. The summed E-state index contributed by atoms with van der Waals surface area (Å²) >= 11 is 1.35. The predicted molar refractivity (Wildman–Crippen MR) is 106 cm³/mol. The maximum atomic E-state index is 13.0. The summed E-state index contributed by atoms with van der Waals surface area (Å²) in [6.07, 6.45) is 6.16. The monoisotopic (exact) mass is 423 g/mol. The molecule has 0 aromatic heterocycles. The van der Waals surface area contributed by atoms with Crippen molar-refractivity contribution in [2.75, 3.05) is 6.61 Å². The van der Waals surface area contributed by atoms with E-state index in [1.165, 1.54) is 16.7 Å². The highest BCUT2D eigenvalue weighted by Crippen LogP contribution is 2.50. The number of thioether (sulfide) groups is 1. The SMILES string of the molecule is CCOC(=O)NC(C(=O)N[C@@H]1C(=O)N2[C@@H]1SC(C)(C)[C@@H]2C(=O)O)C1=CCC=CC1. The summed E-state index contributed by atoms with van der Waals surface area (Å²) in [6.45, 7) is 5.37. The lowest BCUT2D eigenvalue weighted by Crippen LogP contribution is -2.71. The van der Waals surface area contributed by atoms with Gasteiger partial charge in [0.15, 0.2) is 0 Å². The summed E-state index contributed by atoms with van der Waals surface area (Å²) in [7, 11) is 0. The van der Waals surface area contributed by atoms with Gasteiger partial charge in [-0.05, 0) is 39.2 Å². The highest BCUT2D eigenvalue weighted by molar-refractivity contribution is 8.01. The van der Waals surface area contributed by atoms with Crippen LogP contribution in [0.5, 0.6) is 0 Å². The molecule has 29 heavy (non-hydrogen) atoms. The Labute approximate surface area is 172 Å². The minimum atomic E-state index is -1.07. The van der Waals surface area contributed by atoms with Gasteiger partial charge in [-0.25, -0.2) is 9.59 Å². The molecule has 4 atom stereocenters. The first-order valence-electron chi connectivity index (χ1n) is 9.47. The van der Waals surface area contributed by atoms with Gasteiger partial charge < -0.3 is 25.4 Å². The molecule has 10 heteroatoms. The summed E-state index contributed by atoms with van der Waals surface area (Å²) in [6, 6.07) is -2.74. The third kappa shape index (κ3) is 3.98. The second-order valence-corrected chi connectivity index (χ2v) is 9.34. The number of aliphatic carboxylic acids is 1. The third-order valence-electron chi connectivity index (χ3n) is 5.18. The van der Waals surface area contributed by atoms with Gasteiger partial charge in [0.05, 0.1) is 6.61 Å².